The number of benzene rings is 2. The second-order valence-corrected chi connectivity index (χ2v) is 10.8. The Morgan fingerprint density at radius 3 is 1.93 bits per heavy atom. The average Bonchev–Trinajstić information content (AvgIpc) is 2.73. The van der Waals surface area contributed by atoms with E-state index in [1.807, 2.05) is 23.5 Å². The van der Waals surface area contributed by atoms with Crippen LogP contribution in [0.3, 0.4) is 0 Å². The maximum atomic E-state index is 9.80. The van der Waals surface area contributed by atoms with Gasteiger partial charge in [0.25, 0.3) is 0 Å². The number of aryl methyl sites for hydroxylation is 2. The summed E-state index contributed by atoms with van der Waals surface area (Å²) in [5, 5.41) is 19.6. The Morgan fingerprint density at radius 2 is 1.37 bits per heavy atom. The average molecular weight is 424 g/mol. The highest BCUT2D eigenvalue weighted by Gasteiger charge is 2.29. The van der Waals surface area contributed by atoms with Crippen molar-refractivity contribution in [2.75, 3.05) is 37.9 Å². The van der Waals surface area contributed by atoms with Crippen molar-refractivity contribution in [3.05, 3.63) is 71.8 Å². The number of aliphatic hydroxyl groups is 2. The quantitative estimate of drug-likeness (QED) is 0.349. The molecule has 2 aromatic rings. The van der Waals surface area contributed by atoms with E-state index in [4.69, 9.17) is 4.52 Å². The van der Waals surface area contributed by atoms with Crippen molar-refractivity contribution in [1.29, 1.82) is 0 Å². The zero-order chi connectivity index (χ0) is 19.2. The van der Waals surface area contributed by atoms with Gasteiger partial charge in [0.1, 0.15) is 0 Å². The van der Waals surface area contributed by atoms with Gasteiger partial charge in [0.2, 0.25) is 0 Å². The number of aliphatic hydroxyl groups excluding tert-OH is 2. The lowest BCUT2D eigenvalue weighted by atomic mass is 9.94. The summed E-state index contributed by atoms with van der Waals surface area (Å²) in [7, 11) is 1.16. The number of hydrogen-bond donors (Lipinski definition) is 2. The van der Waals surface area contributed by atoms with Gasteiger partial charge in [-0.1, -0.05) is 68.4 Å². The normalized spacial score (nSPS) is 12.5. The third kappa shape index (κ3) is 9.05. The first-order chi connectivity index (χ1) is 13.3. The summed E-state index contributed by atoms with van der Waals surface area (Å²) in [6.07, 6.45) is 4.18. The van der Waals surface area contributed by atoms with Crippen LogP contribution in [0.5, 0.6) is 0 Å². The van der Waals surface area contributed by atoms with Crippen LogP contribution in [0.1, 0.15) is 11.1 Å². The van der Waals surface area contributed by atoms with Gasteiger partial charge in [-0.15, -0.1) is 11.4 Å². The summed E-state index contributed by atoms with van der Waals surface area (Å²) in [6.45, 7) is 0.342. The standard InChI is InChI=1S/C21H30O3P2S/c22-15-21(16-23,17-24-25-13-11-19-7-3-1-4-8-19)18-27-26-14-12-20-9-5-2-6-10-20/h1-10,22-23,25-26H,11-18H2. The van der Waals surface area contributed by atoms with Crippen molar-refractivity contribution in [1.82, 2.24) is 0 Å². The Hall–Kier alpha value is -0.470. The van der Waals surface area contributed by atoms with E-state index < -0.39 is 5.41 Å². The smallest absolute Gasteiger partial charge is 0.0614 e. The van der Waals surface area contributed by atoms with E-state index in [0.29, 0.717) is 15.4 Å². The van der Waals surface area contributed by atoms with Crippen molar-refractivity contribution in [2.24, 2.45) is 5.41 Å². The van der Waals surface area contributed by atoms with E-state index in [-0.39, 0.29) is 13.2 Å². The highest BCUT2D eigenvalue weighted by atomic mass is 32.7. The van der Waals surface area contributed by atoms with E-state index in [1.165, 1.54) is 11.1 Å². The van der Waals surface area contributed by atoms with Gasteiger partial charge >= 0.3 is 0 Å². The van der Waals surface area contributed by atoms with Crippen molar-refractivity contribution < 1.29 is 14.7 Å². The molecule has 6 heteroatoms. The van der Waals surface area contributed by atoms with Gasteiger partial charge < -0.3 is 14.7 Å². The molecular formula is C21H30O3P2S. The fourth-order valence-electron chi connectivity index (χ4n) is 2.51. The third-order valence-electron chi connectivity index (χ3n) is 4.35. The Kier molecular flexibility index (Phi) is 11.5. The summed E-state index contributed by atoms with van der Waals surface area (Å²) in [5.41, 5.74) is 2.15. The van der Waals surface area contributed by atoms with E-state index >= 15 is 0 Å². The topological polar surface area (TPSA) is 49.7 Å². The van der Waals surface area contributed by atoms with Crippen molar-refractivity contribution in [3.8, 4) is 0 Å². The molecule has 2 rings (SSSR count). The lowest BCUT2D eigenvalue weighted by Crippen LogP contribution is -2.36. The fraction of sp³-hybridized carbons (Fsp3) is 0.429. The van der Waals surface area contributed by atoms with Gasteiger partial charge in [0.15, 0.2) is 0 Å². The van der Waals surface area contributed by atoms with Gasteiger partial charge in [-0.3, -0.25) is 0 Å². The number of hydrogen-bond acceptors (Lipinski definition) is 4. The molecule has 2 atom stereocenters. The molecule has 0 bridgehead atoms. The summed E-state index contributed by atoms with van der Waals surface area (Å²) >= 11 is 1.82. The second kappa shape index (κ2) is 13.7. The molecule has 0 aliphatic heterocycles. The van der Waals surface area contributed by atoms with Crippen LogP contribution in [0.25, 0.3) is 0 Å². The molecular weight excluding hydrogens is 394 g/mol. The molecule has 27 heavy (non-hydrogen) atoms. The van der Waals surface area contributed by atoms with Crippen LogP contribution < -0.4 is 0 Å². The molecule has 148 valence electrons. The minimum Gasteiger partial charge on any atom is -0.396 e. The molecule has 0 heterocycles. The van der Waals surface area contributed by atoms with Crippen LogP contribution >= 0.6 is 28.0 Å². The molecule has 0 aliphatic rings. The van der Waals surface area contributed by atoms with Crippen molar-refractivity contribution in [2.45, 2.75) is 12.8 Å². The molecule has 0 radical (unpaired) electrons. The first-order valence-corrected chi connectivity index (χ1v) is 13.3. The Balaban J connectivity index is 1.61. The summed E-state index contributed by atoms with van der Waals surface area (Å²) in [6, 6.07) is 20.9. The molecule has 2 unspecified atom stereocenters. The molecule has 2 aromatic carbocycles. The minimum atomic E-state index is -0.538. The van der Waals surface area contributed by atoms with Crippen LogP contribution in [-0.4, -0.2) is 48.1 Å². The van der Waals surface area contributed by atoms with E-state index in [0.717, 1.165) is 38.7 Å². The van der Waals surface area contributed by atoms with Gasteiger partial charge in [-0.25, -0.2) is 0 Å². The van der Waals surface area contributed by atoms with Gasteiger partial charge in [-0.2, -0.15) is 0 Å². The predicted molar refractivity (Wildman–Crippen MR) is 122 cm³/mol. The van der Waals surface area contributed by atoms with Gasteiger partial charge in [0.05, 0.1) is 19.8 Å². The Labute approximate surface area is 170 Å². The Morgan fingerprint density at radius 1 is 0.815 bits per heavy atom. The number of rotatable bonds is 14. The van der Waals surface area contributed by atoms with E-state index in [1.54, 1.807) is 0 Å². The molecule has 0 aromatic heterocycles. The van der Waals surface area contributed by atoms with Crippen LogP contribution in [0.15, 0.2) is 60.7 Å². The molecule has 3 nitrogen and oxygen atoms in total. The van der Waals surface area contributed by atoms with Crippen LogP contribution in [0, 0.1) is 5.41 Å². The van der Waals surface area contributed by atoms with E-state index in [9.17, 15) is 10.2 Å². The van der Waals surface area contributed by atoms with Crippen LogP contribution in [0.2, 0.25) is 0 Å². The maximum absolute atomic E-state index is 9.80. The highest BCUT2D eigenvalue weighted by molar-refractivity contribution is 8.49. The largest absolute Gasteiger partial charge is 0.396 e. The Bertz CT molecular complexity index is 558. The second-order valence-electron chi connectivity index (χ2n) is 6.65. The van der Waals surface area contributed by atoms with Crippen molar-refractivity contribution in [3.63, 3.8) is 0 Å². The fourth-order valence-corrected chi connectivity index (χ4v) is 6.62. The highest BCUT2D eigenvalue weighted by Crippen LogP contribution is 2.36. The summed E-state index contributed by atoms with van der Waals surface area (Å²) in [4.78, 5) is 0. The van der Waals surface area contributed by atoms with Crippen LogP contribution in [0.4, 0.5) is 0 Å². The molecule has 0 aliphatic carbocycles. The SMILES string of the molecule is OCC(CO)(COPCCc1ccccc1)CSPCCc1ccccc1. The molecule has 2 N–H and O–H groups in total. The van der Waals surface area contributed by atoms with E-state index in [2.05, 4.69) is 48.5 Å². The van der Waals surface area contributed by atoms with Gasteiger partial charge in [0, 0.05) is 20.0 Å². The molecule has 0 fully saturated rings. The van der Waals surface area contributed by atoms with Gasteiger partial charge in [-0.05, 0) is 36.3 Å². The van der Waals surface area contributed by atoms with Crippen LogP contribution in [-0.2, 0) is 17.4 Å². The molecule has 0 saturated heterocycles. The predicted octanol–water partition coefficient (Wildman–Crippen LogP) is 4.38. The molecule has 0 spiro atoms. The first kappa shape index (κ1) is 22.8. The summed E-state index contributed by atoms with van der Waals surface area (Å²) in [5.74, 6) is 0.733. The maximum Gasteiger partial charge on any atom is 0.0614 e. The third-order valence-corrected chi connectivity index (χ3v) is 8.22. The first-order valence-electron chi connectivity index (χ1n) is 9.27. The zero-order valence-electron chi connectivity index (χ0n) is 15.6. The monoisotopic (exact) mass is 424 g/mol. The minimum absolute atomic E-state index is 0.0389. The van der Waals surface area contributed by atoms with Crippen molar-refractivity contribution >= 4 is 28.0 Å². The molecule has 0 amide bonds. The lowest BCUT2D eigenvalue weighted by Gasteiger charge is -2.29. The zero-order valence-corrected chi connectivity index (χ0v) is 18.5. The lowest BCUT2D eigenvalue weighted by molar-refractivity contribution is 0.0376. The molecule has 0 saturated carbocycles. The summed E-state index contributed by atoms with van der Waals surface area (Å²) < 4.78 is 5.83.